The molecule has 0 radical (unpaired) electrons. The topological polar surface area (TPSA) is 46.9 Å². The summed E-state index contributed by atoms with van der Waals surface area (Å²) in [6.07, 6.45) is 2.56. The number of likely N-dealkylation sites (N-methyl/N-ethyl adjacent to an activating group) is 1. The zero-order chi connectivity index (χ0) is 16.4. The van der Waals surface area contributed by atoms with Crippen molar-refractivity contribution in [2.24, 2.45) is 17.8 Å². The number of para-hydroxylation sites is 1. The summed E-state index contributed by atoms with van der Waals surface area (Å²) in [6, 6.07) is 9.70. The Kier molecular flexibility index (Phi) is 2.45. The highest BCUT2D eigenvalue weighted by atomic mass is 16.3. The fraction of sp³-hybridized carbons (Fsp3) is 0.700. The zero-order valence-corrected chi connectivity index (χ0v) is 14.3. The van der Waals surface area contributed by atoms with Gasteiger partial charge in [0, 0.05) is 42.1 Å². The van der Waals surface area contributed by atoms with Crippen LogP contribution in [-0.2, 0) is 5.41 Å². The molecule has 4 heteroatoms. The minimum absolute atomic E-state index is 0.126. The fourth-order valence-corrected chi connectivity index (χ4v) is 7.88. The quantitative estimate of drug-likeness (QED) is 0.822. The first-order chi connectivity index (χ1) is 11.6. The third-order valence-electron chi connectivity index (χ3n) is 8.46. The average Bonchev–Trinajstić information content (AvgIpc) is 2.97. The van der Waals surface area contributed by atoms with E-state index in [-0.39, 0.29) is 17.7 Å². The number of aliphatic hydroxyl groups is 2. The third-order valence-corrected chi connectivity index (χ3v) is 8.46. The van der Waals surface area contributed by atoms with Crippen LogP contribution in [0.4, 0.5) is 5.69 Å². The third kappa shape index (κ3) is 1.20. The van der Waals surface area contributed by atoms with Gasteiger partial charge in [-0.25, -0.2) is 0 Å². The SMILES string of the molecule is CC[C@@H]1C2CC3[C@H]4N(C)c5ccccc5C45CC(C2[C@H]5O)N3[C@H]1O. The van der Waals surface area contributed by atoms with Crippen LogP contribution in [0.2, 0.25) is 0 Å². The first kappa shape index (κ1) is 14.1. The second-order valence-corrected chi connectivity index (χ2v) is 8.81. The summed E-state index contributed by atoms with van der Waals surface area (Å²) in [6.45, 7) is 2.19. The van der Waals surface area contributed by atoms with Gasteiger partial charge in [0.05, 0.1) is 12.1 Å². The predicted molar refractivity (Wildman–Crippen MR) is 91.7 cm³/mol. The van der Waals surface area contributed by atoms with Crippen LogP contribution in [0.15, 0.2) is 24.3 Å². The van der Waals surface area contributed by atoms with E-state index in [9.17, 15) is 10.2 Å². The Balaban J connectivity index is 1.60. The van der Waals surface area contributed by atoms with E-state index >= 15 is 0 Å². The molecule has 5 bridgehead atoms. The summed E-state index contributed by atoms with van der Waals surface area (Å²) in [4.78, 5) is 4.83. The van der Waals surface area contributed by atoms with Gasteiger partial charge in [0.1, 0.15) is 6.23 Å². The molecule has 6 aliphatic rings. The maximum atomic E-state index is 11.6. The fourth-order valence-electron chi connectivity index (χ4n) is 7.88. The van der Waals surface area contributed by atoms with Gasteiger partial charge < -0.3 is 15.1 Å². The molecule has 1 aromatic rings. The van der Waals surface area contributed by atoms with Gasteiger partial charge in [-0.3, -0.25) is 4.90 Å². The first-order valence-electron chi connectivity index (χ1n) is 9.57. The van der Waals surface area contributed by atoms with Gasteiger partial charge in [-0.1, -0.05) is 25.1 Å². The Bertz CT molecular complexity index is 723. The number of aliphatic hydroxyl groups excluding tert-OH is 2. The van der Waals surface area contributed by atoms with Crippen molar-refractivity contribution < 1.29 is 10.2 Å². The molecule has 1 aromatic carbocycles. The molecule has 128 valence electrons. The molecular formula is C20H26N2O2. The van der Waals surface area contributed by atoms with E-state index in [1.54, 1.807) is 0 Å². The van der Waals surface area contributed by atoms with E-state index in [1.165, 1.54) is 11.3 Å². The second kappa shape index (κ2) is 4.17. The van der Waals surface area contributed by atoms with E-state index in [0.717, 1.165) is 19.3 Å². The summed E-state index contributed by atoms with van der Waals surface area (Å²) in [5, 5.41) is 22.6. The van der Waals surface area contributed by atoms with Crippen molar-refractivity contribution in [3.05, 3.63) is 29.8 Å². The van der Waals surface area contributed by atoms with Crippen molar-refractivity contribution >= 4 is 5.69 Å². The molecule has 1 saturated carbocycles. The van der Waals surface area contributed by atoms with Crippen molar-refractivity contribution in [2.75, 3.05) is 11.9 Å². The minimum atomic E-state index is -0.319. The Morgan fingerprint density at radius 3 is 2.79 bits per heavy atom. The van der Waals surface area contributed by atoms with Gasteiger partial charge in [-0.15, -0.1) is 0 Å². The van der Waals surface area contributed by atoms with Gasteiger partial charge in [-0.05, 0) is 36.8 Å². The Hall–Kier alpha value is -1.10. The Morgan fingerprint density at radius 1 is 1.21 bits per heavy atom. The zero-order valence-electron chi connectivity index (χ0n) is 14.3. The molecule has 0 amide bonds. The maximum Gasteiger partial charge on any atom is 0.111 e. The van der Waals surface area contributed by atoms with Gasteiger partial charge in [0.2, 0.25) is 0 Å². The smallest absolute Gasteiger partial charge is 0.111 e. The average molecular weight is 326 g/mol. The van der Waals surface area contributed by atoms with Crippen molar-refractivity contribution in [3.63, 3.8) is 0 Å². The second-order valence-electron chi connectivity index (χ2n) is 8.81. The number of hydrogen-bond acceptors (Lipinski definition) is 4. The van der Waals surface area contributed by atoms with Crippen LogP contribution < -0.4 is 4.90 Å². The van der Waals surface area contributed by atoms with E-state index in [1.807, 2.05) is 0 Å². The van der Waals surface area contributed by atoms with Crippen molar-refractivity contribution in [1.82, 2.24) is 4.90 Å². The molecule has 6 unspecified atom stereocenters. The molecule has 5 heterocycles. The molecule has 24 heavy (non-hydrogen) atoms. The molecule has 1 spiro atoms. The molecule has 4 nitrogen and oxygen atoms in total. The van der Waals surface area contributed by atoms with Crippen LogP contribution in [0.3, 0.4) is 0 Å². The van der Waals surface area contributed by atoms with Crippen molar-refractivity contribution in [1.29, 1.82) is 0 Å². The number of hydrogen-bond donors (Lipinski definition) is 2. The van der Waals surface area contributed by atoms with Crippen LogP contribution in [0, 0.1) is 17.8 Å². The van der Waals surface area contributed by atoms with Crippen molar-refractivity contribution in [2.45, 2.75) is 62.1 Å². The van der Waals surface area contributed by atoms with Crippen LogP contribution in [-0.4, -0.2) is 52.6 Å². The van der Waals surface area contributed by atoms with Gasteiger partial charge in [0.15, 0.2) is 0 Å². The summed E-state index contributed by atoms with van der Waals surface area (Å²) in [5.74, 6) is 1.14. The Morgan fingerprint density at radius 2 is 2.00 bits per heavy atom. The molecule has 10 atom stereocenters. The number of fused-ring (bicyclic) bond motifs is 2. The summed E-state index contributed by atoms with van der Waals surface area (Å²) in [7, 11) is 2.19. The lowest BCUT2D eigenvalue weighted by Gasteiger charge is -2.62. The molecule has 4 saturated heterocycles. The summed E-state index contributed by atoms with van der Waals surface area (Å²) >= 11 is 0. The minimum Gasteiger partial charge on any atom is -0.392 e. The molecule has 7 rings (SSSR count). The van der Waals surface area contributed by atoms with E-state index in [4.69, 9.17) is 0 Å². The maximum absolute atomic E-state index is 11.6. The molecule has 5 fully saturated rings. The number of anilines is 1. The monoisotopic (exact) mass is 326 g/mol. The summed E-state index contributed by atoms with van der Waals surface area (Å²) < 4.78 is 0. The Labute approximate surface area is 143 Å². The van der Waals surface area contributed by atoms with Gasteiger partial charge in [-0.2, -0.15) is 0 Å². The van der Waals surface area contributed by atoms with Crippen LogP contribution in [0.5, 0.6) is 0 Å². The standard InChI is InChI=1S/C20H26N2O2/c1-3-10-11-8-14-17-20(12-6-4-5-7-13(12)21(17)2)9-15(16(11)18(20)23)22(14)19(10)24/h4-7,10-11,14-19,23-24H,3,8-9H2,1-2H3/t10-,11?,14?,15?,16?,17-,18-,19+,20?/m1/s1. The lowest BCUT2D eigenvalue weighted by atomic mass is 9.62. The molecule has 1 aliphatic carbocycles. The molecule has 2 N–H and O–H groups in total. The van der Waals surface area contributed by atoms with Gasteiger partial charge >= 0.3 is 0 Å². The molecule has 5 aliphatic heterocycles. The number of benzene rings is 1. The summed E-state index contributed by atoms with van der Waals surface area (Å²) in [5.41, 5.74) is 2.51. The van der Waals surface area contributed by atoms with E-state index in [0.29, 0.717) is 35.9 Å². The normalized spacial score (nSPS) is 55.8. The highest BCUT2D eigenvalue weighted by molar-refractivity contribution is 5.67. The van der Waals surface area contributed by atoms with Crippen LogP contribution in [0.1, 0.15) is 31.7 Å². The predicted octanol–water partition coefficient (Wildman–Crippen LogP) is 1.55. The van der Waals surface area contributed by atoms with Crippen LogP contribution in [0.25, 0.3) is 0 Å². The molecular weight excluding hydrogens is 300 g/mol. The van der Waals surface area contributed by atoms with Crippen LogP contribution >= 0.6 is 0 Å². The lowest BCUT2D eigenvalue weighted by molar-refractivity contribution is -0.211. The highest BCUT2D eigenvalue weighted by Gasteiger charge is 2.76. The number of nitrogens with zero attached hydrogens (tertiary/aromatic N) is 2. The first-order valence-corrected chi connectivity index (χ1v) is 9.57. The largest absolute Gasteiger partial charge is 0.392 e. The highest BCUT2D eigenvalue weighted by Crippen LogP contribution is 2.68. The number of rotatable bonds is 1. The lowest BCUT2D eigenvalue weighted by Crippen LogP contribution is -2.72. The number of piperidine rings is 4. The van der Waals surface area contributed by atoms with E-state index < -0.39 is 0 Å². The van der Waals surface area contributed by atoms with Gasteiger partial charge in [0.25, 0.3) is 0 Å². The molecule has 0 aromatic heterocycles. The van der Waals surface area contributed by atoms with Crippen molar-refractivity contribution in [3.8, 4) is 0 Å². The van der Waals surface area contributed by atoms with E-state index in [2.05, 4.69) is 48.0 Å².